The van der Waals surface area contributed by atoms with Gasteiger partial charge in [0.25, 0.3) is 0 Å². The Balaban J connectivity index is 1.30. The first-order chi connectivity index (χ1) is 15.2. The lowest BCUT2D eigenvalue weighted by molar-refractivity contribution is 0.372. The van der Waals surface area contributed by atoms with Crippen LogP contribution in [0.3, 0.4) is 0 Å². The number of nitrogens with one attached hydrogen (secondary N) is 1. The molecule has 162 valence electrons. The Kier molecular flexibility index (Phi) is 6.66. The van der Waals surface area contributed by atoms with E-state index >= 15 is 0 Å². The monoisotopic (exact) mass is 419 g/mol. The van der Waals surface area contributed by atoms with E-state index in [1.165, 1.54) is 16.8 Å². The molecule has 4 rings (SSSR count). The summed E-state index contributed by atoms with van der Waals surface area (Å²) in [5.74, 6) is 1.83. The van der Waals surface area contributed by atoms with Gasteiger partial charge in [-0.15, -0.1) is 0 Å². The smallest absolute Gasteiger partial charge is 0.194 e. The number of benzene rings is 2. The van der Waals surface area contributed by atoms with Crippen molar-refractivity contribution in [3.63, 3.8) is 0 Å². The second kappa shape index (κ2) is 9.97. The molecule has 1 aromatic heterocycles. The molecule has 0 atom stereocenters. The molecule has 8 nitrogen and oxygen atoms in total. The number of piperazine rings is 1. The Bertz CT molecular complexity index is 977. The maximum absolute atomic E-state index is 5.26. The molecular weight excluding hydrogens is 390 g/mol. The van der Waals surface area contributed by atoms with E-state index in [9.17, 15) is 0 Å². The van der Waals surface area contributed by atoms with Crippen LogP contribution in [0, 0.1) is 0 Å². The molecule has 0 radical (unpaired) electrons. The number of aliphatic imine (C=N–C) groups is 1. The van der Waals surface area contributed by atoms with Gasteiger partial charge in [-0.3, -0.25) is 4.99 Å². The molecule has 0 saturated carbocycles. The number of guanidine groups is 1. The number of ether oxygens (including phenoxy) is 1. The Morgan fingerprint density at radius 1 is 1.06 bits per heavy atom. The average molecular weight is 420 g/mol. The van der Waals surface area contributed by atoms with Gasteiger partial charge in [0.1, 0.15) is 18.4 Å². The number of aromatic nitrogens is 3. The average Bonchev–Trinajstić information content (AvgIpc) is 3.33. The van der Waals surface area contributed by atoms with E-state index in [-0.39, 0.29) is 0 Å². The third-order valence-electron chi connectivity index (χ3n) is 5.48. The standard InChI is InChI=1S/C23H29N7O/c1-24-23(26-15-19-4-3-5-20(14-19)16-30-18-25-17-27-30)29-12-10-28(11-13-29)21-6-8-22(31-2)9-7-21/h3-9,14,17-18H,10-13,15-16H2,1-2H3,(H,24,26). The summed E-state index contributed by atoms with van der Waals surface area (Å²) in [6.07, 6.45) is 3.29. The van der Waals surface area contributed by atoms with Crippen LogP contribution < -0.4 is 15.0 Å². The van der Waals surface area contributed by atoms with Gasteiger partial charge >= 0.3 is 0 Å². The molecule has 0 bridgehead atoms. The second-order valence-corrected chi connectivity index (χ2v) is 7.49. The fourth-order valence-electron chi connectivity index (χ4n) is 3.82. The predicted octanol–water partition coefficient (Wildman–Crippen LogP) is 2.23. The van der Waals surface area contributed by atoms with Crippen LogP contribution in [0.4, 0.5) is 5.69 Å². The van der Waals surface area contributed by atoms with Crippen LogP contribution in [0.1, 0.15) is 11.1 Å². The second-order valence-electron chi connectivity index (χ2n) is 7.49. The van der Waals surface area contributed by atoms with Crippen LogP contribution in [0.25, 0.3) is 0 Å². The van der Waals surface area contributed by atoms with E-state index in [1.807, 2.05) is 23.9 Å². The van der Waals surface area contributed by atoms with Crippen molar-refractivity contribution >= 4 is 11.6 Å². The lowest BCUT2D eigenvalue weighted by Gasteiger charge is -2.37. The zero-order chi connectivity index (χ0) is 21.5. The van der Waals surface area contributed by atoms with Crippen molar-refractivity contribution in [2.24, 2.45) is 4.99 Å². The molecule has 1 aliphatic rings. The predicted molar refractivity (Wildman–Crippen MR) is 123 cm³/mol. The van der Waals surface area contributed by atoms with Crippen molar-refractivity contribution < 1.29 is 4.74 Å². The lowest BCUT2D eigenvalue weighted by Crippen LogP contribution is -2.52. The summed E-state index contributed by atoms with van der Waals surface area (Å²) in [6, 6.07) is 16.8. The molecule has 1 fully saturated rings. The first-order valence-electron chi connectivity index (χ1n) is 10.5. The Hall–Kier alpha value is -3.55. The molecule has 1 saturated heterocycles. The van der Waals surface area contributed by atoms with E-state index in [0.717, 1.165) is 51.0 Å². The SMILES string of the molecule is CN=C(NCc1cccc(Cn2cncn2)c1)N1CCN(c2ccc(OC)cc2)CC1. The Labute approximate surface area is 183 Å². The number of rotatable bonds is 6. The molecular formula is C23H29N7O. The van der Waals surface area contributed by atoms with Gasteiger partial charge < -0.3 is 19.9 Å². The summed E-state index contributed by atoms with van der Waals surface area (Å²) in [7, 11) is 3.54. The van der Waals surface area contributed by atoms with Crippen molar-refractivity contribution in [1.82, 2.24) is 25.0 Å². The highest BCUT2D eigenvalue weighted by molar-refractivity contribution is 5.80. The number of hydrogen-bond acceptors (Lipinski definition) is 5. The van der Waals surface area contributed by atoms with Crippen LogP contribution in [0.2, 0.25) is 0 Å². The zero-order valence-electron chi connectivity index (χ0n) is 18.1. The molecule has 0 spiro atoms. The van der Waals surface area contributed by atoms with E-state index in [4.69, 9.17) is 4.74 Å². The van der Waals surface area contributed by atoms with Gasteiger partial charge in [0.2, 0.25) is 0 Å². The molecule has 0 aliphatic carbocycles. The Morgan fingerprint density at radius 2 is 1.84 bits per heavy atom. The largest absolute Gasteiger partial charge is 0.497 e. The highest BCUT2D eigenvalue weighted by atomic mass is 16.5. The van der Waals surface area contributed by atoms with Gasteiger partial charge in [-0.2, -0.15) is 5.10 Å². The van der Waals surface area contributed by atoms with Gasteiger partial charge in [0, 0.05) is 45.5 Å². The van der Waals surface area contributed by atoms with Crippen LogP contribution in [-0.2, 0) is 13.1 Å². The maximum atomic E-state index is 5.26. The van der Waals surface area contributed by atoms with E-state index in [2.05, 4.69) is 66.6 Å². The molecule has 31 heavy (non-hydrogen) atoms. The first kappa shape index (κ1) is 20.7. The number of methoxy groups -OCH3 is 1. The summed E-state index contributed by atoms with van der Waals surface area (Å²) in [5, 5.41) is 7.70. The van der Waals surface area contributed by atoms with E-state index < -0.39 is 0 Å². The Morgan fingerprint density at radius 3 is 2.52 bits per heavy atom. The van der Waals surface area contributed by atoms with Crippen molar-refractivity contribution in [3.8, 4) is 5.75 Å². The van der Waals surface area contributed by atoms with E-state index in [1.54, 1.807) is 19.8 Å². The molecule has 0 amide bonds. The minimum absolute atomic E-state index is 0.718. The van der Waals surface area contributed by atoms with Gasteiger partial charge in [-0.05, 0) is 35.4 Å². The van der Waals surface area contributed by atoms with Gasteiger partial charge in [0.05, 0.1) is 13.7 Å². The van der Waals surface area contributed by atoms with Crippen LogP contribution >= 0.6 is 0 Å². The van der Waals surface area contributed by atoms with Gasteiger partial charge in [-0.25, -0.2) is 9.67 Å². The molecule has 1 aliphatic heterocycles. The summed E-state index contributed by atoms with van der Waals surface area (Å²) in [4.78, 5) is 13.2. The van der Waals surface area contributed by atoms with Crippen LogP contribution in [0.5, 0.6) is 5.75 Å². The summed E-state index contributed by atoms with van der Waals surface area (Å²) in [5.41, 5.74) is 3.65. The highest BCUT2D eigenvalue weighted by Gasteiger charge is 2.19. The molecule has 2 heterocycles. The van der Waals surface area contributed by atoms with Crippen molar-refractivity contribution in [3.05, 3.63) is 72.3 Å². The topological polar surface area (TPSA) is 70.8 Å². The molecule has 0 unspecified atom stereocenters. The number of hydrogen-bond donors (Lipinski definition) is 1. The highest BCUT2D eigenvalue weighted by Crippen LogP contribution is 2.20. The van der Waals surface area contributed by atoms with E-state index in [0.29, 0.717) is 0 Å². The molecule has 8 heteroatoms. The van der Waals surface area contributed by atoms with Gasteiger partial charge in [0.15, 0.2) is 5.96 Å². The summed E-state index contributed by atoms with van der Waals surface area (Å²) in [6.45, 7) is 5.23. The first-order valence-corrected chi connectivity index (χ1v) is 10.5. The number of anilines is 1. The maximum Gasteiger partial charge on any atom is 0.194 e. The zero-order valence-corrected chi connectivity index (χ0v) is 18.1. The third-order valence-corrected chi connectivity index (χ3v) is 5.48. The van der Waals surface area contributed by atoms with Gasteiger partial charge in [-0.1, -0.05) is 24.3 Å². The van der Waals surface area contributed by atoms with Crippen molar-refractivity contribution in [1.29, 1.82) is 0 Å². The molecule has 1 N–H and O–H groups in total. The fourth-order valence-corrected chi connectivity index (χ4v) is 3.82. The minimum Gasteiger partial charge on any atom is -0.497 e. The van der Waals surface area contributed by atoms with Crippen LogP contribution in [0.15, 0.2) is 66.2 Å². The molecule has 2 aromatic carbocycles. The van der Waals surface area contributed by atoms with Crippen molar-refractivity contribution in [2.75, 3.05) is 45.2 Å². The molecule has 3 aromatic rings. The third kappa shape index (κ3) is 5.33. The summed E-state index contributed by atoms with van der Waals surface area (Å²) < 4.78 is 7.09. The summed E-state index contributed by atoms with van der Waals surface area (Å²) >= 11 is 0. The normalized spacial score (nSPS) is 14.6. The lowest BCUT2D eigenvalue weighted by atomic mass is 10.1. The van der Waals surface area contributed by atoms with Crippen LogP contribution in [-0.4, -0.2) is 66.0 Å². The minimum atomic E-state index is 0.718. The fraction of sp³-hybridized carbons (Fsp3) is 0.348. The number of nitrogens with zero attached hydrogens (tertiary/aromatic N) is 6. The quantitative estimate of drug-likeness (QED) is 0.488. The van der Waals surface area contributed by atoms with Crippen molar-refractivity contribution in [2.45, 2.75) is 13.1 Å².